The lowest BCUT2D eigenvalue weighted by atomic mass is 10.2. The highest BCUT2D eigenvalue weighted by molar-refractivity contribution is 7.62. The van der Waals surface area contributed by atoms with Crippen molar-refractivity contribution >= 4 is 13.0 Å². The molecule has 106 valence electrons. The standard InChI is InChI=1S/C10H21N2O5P/c1-18(2,15)8-11-7-12(14)10(13)5-9-6-16-3-4-17-9/h9,11,14H,3-8H2,1-2H3. The Morgan fingerprint density at radius 1 is 1.50 bits per heavy atom. The van der Waals surface area contributed by atoms with Gasteiger partial charge in [-0.2, -0.15) is 0 Å². The maximum Gasteiger partial charge on any atom is 0.249 e. The van der Waals surface area contributed by atoms with Gasteiger partial charge in [0.25, 0.3) is 0 Å². The number of carbonyl (C=O) groups is 1. The van der Waals surface area contributed by atoms with Gasteiger partial charge in [-0.3, -0.25) is 15.3 Å². The highest BCUT2D eigenvalue weighted by Crippen LogP contribution is 2.33. The van der Waals surface area contributed by atoms with Crippen molar-refractivity contribution in [1.29, 1.82) is 0 Å². The van der Waals surface area contributed by atoms with Crippen LogP contribution in [0.2, 0.25) is 0 Å². The molecule has 1 aliphatic heterocycles. The first-order valence-corrected chi connectivity index (χ1v) is 8.60. The van der Waals surface area contributed by atoms with Crippen molar-refractivity contribution in [2.45, 2.75) is 12.5 Å². The van der Waals surface area contributed by atoms with Crippen molar-refractivity contribution in [3.8, 4) is 0 Å². The molecule has 0 spiro atoms. The van der Waals surface area contributed by atoms with Gasteiger partial charge in [-0.1, -0.05) is 0 Å². The van der Waals surface area contributed by atoms with Crippen LogP contribution < -0.4 is 5.32 Å². The minimum Gasteiger partial charge on any atom is -0.376 e. The second kappa shape index (κ2) is 7.21. The molecule has 0 aliphatic carbocycles. The molecule has 0 aromatic heterocycles. The van der Waals surface area contributed by atoms with E-state index in [1.807, 2.05) is 0 Å². The molecular weight excluding hydrogens is 259 g/mol. The summed E-state index contributed by atoms with van der Waals surface area (Å²) in [6, 6.07) is 0. The molecule has 1 atom stereocenters. The summed E-state index contributed by atoms with van der Waals surface area (Å²) < 4.78 is 21.9. The van der Waals surface area contributed by atoms with Crippen LogP contribution in [-0.4, -0.2) is 68.4 Å². The third kappa shape index (κ3) is 6.47. The van der Waals surface area contributed by atoms with Gasteiger partial charge in [0, 0.05) is 0 Å². The Hall–Kier alpha value is -0.460. The van der Waals surface area contributed by atoms with Crippen molar-refractivity contribution < 1.29 is 24.0 Å². The van der Waals surface area contributed by atoms with E-state index in [-0.39, 0.29) is 25.5 Å². The van der Waals surface area contributed by atoms with E-state index < -0.39 is 13.0 Å². The summed E-state index contributed by atoms with van der Waals surface area (Å²) in [4.78, 5) is 11.6. The van der Waals surface area contributed by atoms with Crippen LogP contribution >= 0.6 is 7.14 Å². The van der Waals surface area contributed by atoms with Crippen molar-refractivity contribution in [3.05, 3.63) is 0 Å². The highest BCUT2D eigenvalue weighted by atomic mass is 31.2. The Bertz CT molecular complexity index is 313. The van der Waals surface area contributed by atoms with E-state index >= 15 is 0 Å². The SMILES string of the molecule is CP(C)(=O)CNCN(O)C(=O)CC1COCCO1. The molecule has 0 saturated carbocycles. The third-order valence-electron chi connectivity index (χ3n) is 2.33. The summed E-state index contributed by atoms with van der Waals surface area (Å²) in [6.07, 6.45) is 0.0541. The van der Waals surface area contributed by atoms with Gasteiger partial charge in [-0.15, -0.1) is 0 Å². The minimum atomic E-state index is -2.19. The molecule has 18 heavy (non-hydrogen) atoms. The van der Waals surface area contributed by atoms with Crippen LogP contribution in [0.4, 0.5) is 0 Å². The molecule has 1 heterocycles. The molecule has 0 bridgehead atoms. The molecule has 2 N–H and O–H groups in total. The van der Waals surface area contributed by atoms with Gasteiger partial charge >= 0.3 is 0 Å². The van der Waals surface area contributed by atoms with Crippen LogP contribution in [0.15, 0.2) is 0 Å². The van der Waals surface area contributed by atoms with Crippen LogP contribution in [0.3, 0.4) is 0 Å². The zero-order chi connectivity index (χ0) is 13.6. The Morgan fingerprint density at radius 3 is 2.78 bits per heavy atom. The van der Waals surface area contributed by atoms with E-state index in [0.29, 0.717) is 24.9 Å². The molecule has 8 heteroatoms. The quantitative estimate of drug-likeness (QED) is 0.311. The summed E-state index contributed by atoms with van der Waals surface area (Å²) in [5.74, 6) is -0.444. The number of nitrogens with one attached hydrogen (secondary N) is 1. The predicted molar refractivity (Wildman–Crippen MR) is 66.1 cm³/mol. The Kier molecular flexibility index (Phi) is 6.25. The number of carbonyl (C=O) groups excluding carboxylic acids is 1. The van der Waals surface area contributed by atoms with Crippen molar-refractivity contribution in [3.63, 3.8) is 0 Å². The van der Waals surface area contributed by atoms with E-state index in [1.54, 1.807) is 13.3 Å². The molecular formula is C10H21N2O5P. The average Bonchev–Trinajstić information content (AvgIpc) is 2.28. The first-order valence-electron chi connectivity index (χ1n) is 5.82. The first kappa shape index (κ1) is 15.6. The fourth-order valence-electron chi connectivity index (χ4n) is 1.47. The van der Waals surface area contributed by atoms with Gasteiger partial charge in [0.15, 0.2) is 0 Å². The monoisotopic (exact) mass is 280 g/mol. The number of hydroxylamine groups is 2. The van der Waals surface area contributed by atoms with Gasteiger partial charge in [0.2, 0.25) is 5.91 Å². The maximum atomic E-state index is 11.6. The topological polar surface area (TPSA) is 88.1 Å². The molecule has 1 unspecified atom stereocenters. The number of ether oxygens (including phenoxy) is 2. The maximum absolute atomic E-state index is 11.6. The summed E-state index contributed by atoms with van der Waals surface area (Å²) >= 11 is 0. The molecule has 0 aromatic carbocycles. The zero-order valence-electron chi connectivity index (χ0n) is 10.8. The second-order valence-electron chi connectivity index (χ2n) is 4.71. The summed E-state index contributed by atoms with van der Waals surface area (Å²) in [6.45, 7) is 4.60. The third-order valence-corrected chi connectivity index (χ3v) is 3.31. The highest BCUT2D eigenvalue weighted by Gasteiger charge is 2.21. The molecule has 0 aromatic rings. The molecule has 1 aliphatic rings. The normalized spacial score (nSPS) is 20.7. The largest absolute Gasteiger partial charge is 0.376 e. The van der Waals surface area contributed by atoms with E-state index in [4.69, 9.17) is 9.47 Å². The van der Waals surface area contributed by atoms with Gasteiger partial charge < -0.3 is 14.0 Å². The van der Waals surface area contributed by atoms with Crippen LogP contribution in [-0.2, 0) is 18.8 Å². The molecule has 7 nitrogen and oxygen atoms in total. The number of amides is 1. The molecule has 1 amide bonds. The van der Waals surface area contributed by atoms with Gasteiger partial charge in [0.1, 0.15) is 0 Å². The second-order valence-corrected chi connectivity index (χ2v) is 8.17. The molecule has 1 fully saturated rings. The van der Waals surface area contributed by atoms with E-state index in [1.165, 1.54) is 0 Å². The lowest BCUT2D eigenvalue weighted by Gasteiger charge is -2.24. The number of hydrogen-bond acceptors (Lipinski definition) is 6. The minimum absolute atomic E-state index is 0.0436. The van der Waals surface area contributed by atoms with Crippen molar-refractivity contribution in [2.75, 3.05) is 46.1 Å². The van der Waals surface area contributed by atoms with E-state index in [0.717, 1.165) is 0 Å². The lowest BCUT2D eigenvalue weighted by molar-refractivity contribution is -0.173. The van der Waals surface area contributed by atoms with Crippen molar-refractivity contribution in [1.82, 2.24) is 10.4 Å². The first-order chi connectivity index (χ1) is 8.38. The fourth-order valence-corrected chi connectivity index (χ4v) is 2.11. The Balaban J connectivity index is 2.21. The predicted octanol–water partition coefficient (Wildman–Crippen LogP) is 0.137. The number of hydrogen-bond donors (Lipinski definition) is 2. The van der Waals surface area contributed by atoms with Gasteiger partial charge in [-0.05, 0) is 13.3 Å². The number of rotatable bonds is 6. The summed E-state index contributed by atoms with van der Waals surface area (Å²) in [7, 11) is -2.19. The summed E-state index contributed by atoms with van der Waals surface area (Å²) in [5.41, 5.74) is 0. The Labute approximate surface area is 107 Å². The molecule has 0 radical (unpaired) electrons. The summed E-state index contributed by atoms with van der Waals surface area (Å²) in [5, 5.41) is 12.8. The van der Waals surface area contributed by atoms with Crippen LogP contribution in [0.5, 0.6) is 0 Å². The van der Waals surface area contributed by atoms with Crippen LogP contribution in [0, 0.1) is 0 Å². The molecule has 1 saturated heterocycles. The van der Waals surface area contributed by atoms with Gasteiger partial charge in [0.05, 0.1) is 52.4 Å². The van der Waals surface area contributed by atoms with E-state index in [9.17, 15) is 14.6 Å². The number of nitrogens with zero attached hydrogens (tertiary/aromatic N) is 1. The lowest BCUT2D eigenvalue weighted by Crippen LogP contribution is -2.40. The smallest absolute Gasteiger partial charge is 0.249 e. The van der Waals surface area contributed by atoms with Gasteiger partial charge in [-0.25, -0.2) is 5.06 Å². The zero-order valence-corrected chi connectivity index (χ0v) is 11.7. The van der Waals surface area contributed by atoms with Crippen molar-refractivity contribution in [2.24, 2.45) is 0 Å². The fraction of sp³-hybridized carbons (Fsp3) is 0.900. The Morgan fingerprint density at radius 2 is 2.22 bits per heavy atom. The van der Waals surface area contributed by atoms with E-state index in [2.05, 4.69) is 5.32 Å². The average molecular weight is 280 g/mol. The van der Waals surface area contributed by atoms with Crippen LogP contribution in [0.25, 0.3) is 0 Å². The van der Waals surface area contributed by atoms with Crippen LogP contribution in [0.1, 0.15) is 6.42 Å². The molecule has 1 rings (SSSR count).